The maximum Gasteiger partial charge on any atom is 0.235 e. The van der Waals surface area contributed by atoms with Gasteiger partial charge in [0.2, 0.25) is 5.91 Å². The summed E-state index contributed by atoms with van der Waals surface area (Å²) in [6, 6.07) is 9.76. The van der Waals surface area contributed by atoms with Gasteiger partial charge in [0.05, 0.1) is 17.5 Å². The Kier molecular flexibility index (Phi) is 7.59. The molecule has 2 aromatic rings. The third-order valence-corrected chi connectivity index (χ3v) is 9.34. The lowest BCUT2D eigenvalue weighted by atomic mass is 9.52. The van der Waals surface area contributed by atoms with Gasteiger partial charge in [-0.3, -0.25) is 28.9 Å². The number of hydrogen-bond donors (Lipinski definition) is 4. The lowest BCUT2D eigenvalue weighted by Crippen LogP contribution is -2.74. The van der Waals surface area contributed by atoms with Gasteiger partial charge in [-0.05, 0) is 79.6 Å². The van der Waals surface area contributed by atoms with Crippen molar-refractivity contribution < 1.29 is 34.2 Å². The van der Waals surface area contributed by atoms with Gasteiger partial charge < -0.3 is 21.3 Å². The van der Waals surface area contributed by atoms with Crippen LogP contribution in [-0.2, 0) is 25.6 Å². The molecule has 0 radical (unpaired) electrons. The molecule has 0 aromatic heterocycles. The van der Waals surface area contributed by atoms with Crippen LogP contribution in [0.1, 0.15) is 49.5 Å². The van der Waals surface area contributed by atoms with Gasteiger partial charge in [-0.2, -0.15) is 0 Å². The fourth-order valence-corrected chi connectivity index (χ4v) is 7.22. The zero-order chi connectivity index (χ0) is 31.6. The number of primary amides is 1. The van der Waals surface area contributed by atoms with E-state index in [2.05, 4.69) is 26.1 Å². The monoisotopic (exact) mass is 589 g/mol. The van der Waals surface area contributed by atoms with Crippen LogP contribution in [0.3, 0.4) is 0 Å². The van der Waals surface area contributed by atoms with E-state index in [1.807, 2.05) is 24.3 Å². The van der Waals surface area contributed by atoms with Gasteiger partial charge in [0.15, 0.2) is 34.7 Å². The Morgan fingerprint density at radius 2 is 1.70 bits per heavy atom. The van der Waals surface area contributed by atoms with Gasteiger partial charge in [-0.25, -0.2) is 0 Å². The van der Waals surface area contributed by atoms with E-state index in [4.69, 9.17) is 5.73 Å². The number of fused-ring (bicyclic) bond motifs is 3. The van der Waals surface area contributed by atoms with Crippen molar-refractivity contribution in [2.24, 2.45) is 34.8 Å². The highest BCUT2D eigenvalue weighted by molar-refractivity contribution is 6.32. The number of hydrogen-bond acceptors (Lipinski definition) is 9. The fraction of sp³-hybridized carbons (Fsp3) is 0.485. The molecular weight excluding hydrogens is 550 g/mol. The number of nitrogens with one attached hydrogen (secondary N) is 1. The lowest BCUT2D eigenvalue weighted by Gasteiger charge is -2.52. The highest BCUT2D eigenvalue weighted by Crippen LogP contribution is 2.51. The summed E-state index contributed by atoms with van der Waals surface area (Å²) in [4.78, 5) is 68.2. The average molecular weight is 590 g/mol. The zero-order valence-corrected chi connectivity index (χ0v) is 25.1. The molecule has 0 bridgehead atoms. The van der Waals surface area contributed by atoms with Gasteiger partial charge in [0.1, 0.15) is 5.75 Å². The van der Waals surface area contributed by atoms with E-state index in [1.54, 1.807) is 20.2 Å². The van der Waals surface area contributed by atoms with Crippen LogP contribution in [0.15, 0.2) is 36.4 Å². The summed E-state index contributed by atoms with van der Waals surface area (Å²) >= 11 is 0. The number of benzene rings is 2. The maximum absolute atomic E-state index is 14.0. The van der Waals surface area contributed by atoms with E-state index >= 15 is 0 Å². The number of aliphatic hydroxyl groups is 1. The number of carbonyl (C=O) groups excluding carboxylic acids is 5. The molecule has 5 N–H and O–H groups in total. The maximum atomic E-state index is 14.0. The number of nitrogens with two attached hydrogens (primary N) is 1. The van der Waals surface area contributed by atoms with Gasteiger partial charge >= 0.3 is 0 Å². The number of rotatable bonds is 6. The molecule has 3 aliphatic rings. The molecule has 5 rings (SSSR count). The zero-order valence-electron chi connectivity index (χ0n) is 25.1. The van der Waals surface area contributed by atoms with Crippen molar-refractivity contribution in [1.82, 2.24) is 4.90 Å². The van der Waals surface area contributed by atoms with Crippen LogP contribution in [0, 0.1) is 29.1 Å². The second kappa shape index (κ2) is 10.7. The normalized spacial score (nSPS) is 28.8. The van der Waals surface area contributed by atoms with E-state index in [9.17, 15) is 34.2 Å². The van der Waals surface area contributed by atoms with Gasteiger partial charge in [-0.15, -0.1) is 0 Å². The molecule has 10 nitrogen and oxygen atoms in total. The van der Waals surface area contributed by atoms with Crippen molar-refractivity contribution in [1.29, 1.82) is 0 Å². The largest absolute Gasteiger partial charge is 0.507 e. The molecule has 3 aliphatic carbocycles. The van der Waals surface area contributed by atoms with Gasteiger partial charge in [0.25, 0.3) is 0 Å². The molecule has 0 aliphatic heterocycles. The SMILES string of the molecule is CN(C)C1C(=O)C(C(N)=O)C(=O)[C@@]2(O)C(=O)C3C(=O)c4c(O)ccc(-c5ccc(NCCC(C)(C)C)cc5)c4C[C@H]3C[C@@H]12. The minimum absolute atomic E-state index is 0.00955. The Morgan fingerprint density at radius 1 is 1.05 bits per heavy atom. The van der Waals surface area contributed by atoms with Crippen molar-refractivity contribution in [2.45, 2.75) is 51.7 Å². The average Bonchev–Trinajstić information content (AvgIpc) is 2.90. The number of phenolic OH excluding ortho intramolecular Hbond substituents is 1. The summed E-state index contributed by atoms with van der Waals surface area (Å²) in [7, 11) is 3.12. The predicted octanol–water partition coefficient (Wildman–Crippen LogP) is 2.38. The summed E-state index contributed by atoms with van der Waals surface area (Å²) in [5, 5.41) is 25.9. The number of phenols is 1. The third kappa shape index (κ3) is 4.96. The summed E-state index contributed by atoms with van der Waals surface area (Å²) in [6.45, 7) is 7.36. The van der Waals surface area contributed by atoms with Crippen molar-refractivity contribution in [2.75, 3.05) is 26.0 Å². The first-order valence-corrected chi connectivity index (χ1v) is 14.6. The molecule has 6 atom stereocenters. The summed E-state index contributed by atoms with van der Waals surface area (Å²) in [5.41, 5.74) is 5.89. The number of ketones is 4. The Morgan fingerprint density at radius 3 is 2.28 bits per heavy atom. The number of aromatic hydroxyl groups is 1. The second-order valence-corrected chi connectivity index (χ2v) is 13.6. The number of carbonyl (C=O) groups is 5. The topological polar surface area (TPSA) is 167 Å². The third-order valence-electron chi connectivity index (χ3n) is 9.34. The van der Waals surface area contributed by atoms with Crippen molar-refractivity contribution in [3.8, 4) is 16.9 Å². The van der Waals surface area contributed by atoms with Crippen LogP contribution in [0.4, 0.5) is 5.69 Å². The van der Waals surface area contributed by atoms with E-state index in [1.165, 1.54) is 11.0 Å². The van der Waals surface area contributed by atoms with E-state index in [-0.39, 0.29) is 29.6 Å². The first kappa shape index (κ1) is 30.6. The fourth-order valence-electron chi connectivity index (χ4n) is 7.22. The number of likely N-dealkylation sites (N-methyl/N-ethyl adjacent to an activating group) is 1. The minimum Gasteiger partial charge on any atom is -0.507 e. The van der Waals surface area contributed by atoms with Gasteiger partial charge in [-0.1, -0.05) is 39.0 Å². The molecule has 2 fully saturated rings. The molecule has 1 amide bonds. The second-order valence-electron chi connectivity index (χ2n) is 13.6. The van der Waals surface area contributed by atoms with Crippen LogP contribution in [0.5, 0.6) is 5.75 Å². The van der Waals surface area contributed by atoms with Crippen LogP contribution >= 0.6 is 0 Å². The smallest absolute Gasteiger partial charge is 0.235 e. The quantitative estimate of drug-likeness (QED) is 0.370. The van der Waals surface area contributed by atoms with Crippen molar-refractivity contribution in [3.05, 3.63) is 47.5 Å². The highest BCUT2D eigenvalue weighted by atomic mass is 16.3. The number of amides is 1. The molecule has 2 aromatic carbocycles. The van der Waals surface area contributed by atoms with E-state index in [0.29, 0.717) is 5.56 Å². The predicted molar refractivity (Wildman–Crippen MR) is 159 cm³/mol. The molecule has 0 saturated heterocycles. The minimum atomic E-state index is -2.74. The summed E-state index contributed by atoms with van der Waals surface area (Å²) < 4.78 is 0. The van der Waals surface area contributed by atoms with Crippen molar-refractivity contribution >= 4 is 34.7 Å². The molecule has 10 heteroatoms. The first-order chi connectivity index (χ1) is 20.1. The lowest BCUT2D eigenvalue weighted by molar-refractivity contribution is -0.181. The van der Waals surface area contributed by atoms with Crippen molar-refractivity contribution in [3.63, 3.8) is 0 Å². The van der Waals surface area contributed by atoms with Crippen LogP contribution in [0.2, 0.25) is 0 Å². The van der Waals surface area contributed by atoms with Crippen LogP contribution in [-0.4, -0.2) is 76.4 Å². The Hall–Kier alpha value is -3.89. The molecule has 2 saturated carbocycles. The highest BCUT2D eigenvalue weighted by Gasteiger charge is 2.69. The molecule has 43 heavy (non-hydrogen) atoms. The number of nitrogens with zero attached hydrogens (tertiary/aromatic N) is 1. The van der Waals surface area contributed by atoms with Crippen LogP contribution in [0.25, 0.3) is 11.1 Å². The first-order valence-electron chi connectivity index (χ1n) is 14.6. The Balaban J connectivity index is 1.52. The molecule has 0 heterocycles. The van der Waals surface area contributed by atoms with Gasteiger partial charge in [0, 0.05) is 18.2 Å². The summed E-state index contributed by atoms with van der Waals surface area (Å²) in [6.07, 6.45) is 1.21. The van der Waals surface area contributed by atoms with Crippen LogP contribution < -0.4 is 11.1 Å². The number of Topliss-reactive ketones (excluding diaryl/α,β-unsaturated/α-hetero) is 4. The molecule has 3 unspecified atom stereocenters. The standard InChI is InChI=1S/C33H39N3O7/c1-32(2,3)12-13-35-18-8-6-16(7-9-18)19-10-11-22(37)24-20(19)14-17-15-21-26(36(4)5)28(39)25(31(34)42)30(41)33(21,43)29(40)23(17)27(24)38/h6-11,17,21,23,25-26,35,37,43H,12-15H2,1-5H3,(H2,34,42)/t17-,21-,23?,25?,26?,33-/m0/s1. The number of anilines is 1. The molecular formula is C33H39N3O7. The molecule has 228 valence electrons. The Labute approximate surface area is 250 Å². The van der Waals surface area contributed by atoms with E-state index < -0.39 is 64.4 Å². The Bertz CT molecular complexity index is 1520. The van der Waals surface area contributed by atoms with E-state index in [0.717, 1.165) is 29.8 Å². The molecule has 0 spiro atoms. The summed E-state index contributed by atoms with van der Waals surface area (Å²) in [5.74, 6) is -10.5.